The minimum atomic E-state index is -0.442. The van der Waals surface area contributed by atoms with E-state index < -0.39 is 6.10 Å². The van der Waals surface area contributed by atoms with Crippen molar-refractivity contribution in [2.75, 3.05) is 13.1 Å². The molecule has 0 spiro atoms. The largest absolute Gasteiger partial charge is 0.439 e. The van der Waals surface area contributed by atoms with E-state index in [0.29, 0.717) is 37.7 Å². The SMILES string of the molecule is O=C(C[C@@H]1CNC[C@H]1O)NCc1ccnc(Oc2ccccc2)c1. The van der Waals surface area contributed by atoms with E-state index in [2.05, 4.69) is 15.6 Å². The molecule has 0 unspecified atom stereocenters. The number of amides is 1. The number of carbonyl (C=O) groups is 1. The molecule has 6 nitrogen and oxygen atoms in total. The van der Waals surface area contributed by atoms with Gasteiger partial charge in [0.15, 0.2) is 0 Å². The normalized spacial score (nSPS) is 19.9. The van der Waals surface area contributed by atoms with Gasteiger partial charge in [0, 0.05) is 44.2 Å². The number of benzene rings is 1. The fourth-order valence-corrected chi connectivity index (χ4v) is 2.66. The number of hydrogen-bond donors (Lipinski definition) is 3. The average molecular weight is 327 g/mol. The van der Waals surface area contributed by atoms with Gasteiger partial charge < -0.3 is 20.5 Å². The number of pyridine rings is 1. The zero-order valence-corrected chi connectivity index (χ0v) is 13.3. The minimum absolute atomic E-state index is 0.0144. The van der Waals surface area contributed by atoms with Crippen LogP contribution in [0.2, 0.25) is 0 Å². The molecule has 1 aromatic carbocycles. The highest BCUT2D eigenvalue weighted by atomic mass is 16.5. The third kappa shape index (κ3) is 4.53. The Balaban J connectivity index is 1.52. The number of aliphatic hydroxyl groups excluding tert-OH is 1. The first-order valence-electron chi connectivity index (χ1n) is 8.04. The van der Waals surface area contributed by atoms with Crippen molar-refractivity contribution in [2.45, 2.75) is 19.1 Å². The summed E-state index contributed by atoms with van der Waals surface area (Å²) in [5, 5.41) is 15.7. The number of nitrogens with zero attached hydrogens (tertiary/aromatic N) is 1. The molecular weight excluding hydrogens is 306 g/mol. The maximum absolute atomic E-state index is 12.0. The van der Waals surface area contributed by atoms with Gasteiger partial charge in [0.25, 0.3) is 0 Å². The van der Waals surface area contributed by atoms with Crippen molar-refractivity contribution < 1.29 is 14.6 Å². The Morgan fingerprint density at radius 1 is 1.29 bits per heavy atom. The number of para-hydroxylation sites is 1. The third-order valence-corrected chi connectivity index (χ3v) is 4.01. The lowest BCUT2D eigenvalue weighted by atomic mass is 10.0. The number of rotatable bonds is 6. The van der Waals surface area contributed by atoms with E-state index in [0.717, 1.165) is 5.56 Å². The summed E-state index contributed by atoms with van der Waals surface area (Å²) in [5.41, 5.74) is 0.911. The molecule has 1 aromatic heterocycles. The van der Waals surface area contributed by atoms with E-state index in [1.165, 1.54) is 0 Å². The summed E-state index contributed by atoms with van der Waals surface area (Å²) < 4.78 is 5.68. The topological polar surface area (TPSA) is 83.5 Å². The number of carbonyl (C=O) groups excluding carboxylic acids is 1. The maximum atomic E-state index is 12.0. The van der Waals surface area contributed by atoms with Crippen LogP contribution in [0.5, 0.6) is 11.6 Å². The summed E-state index contributed by atoms with van der Waals surface area (Å²) in [7, 11) is 0. The molecule has 0 radical (unpaired) electrons. The summed E-state index contributed by atoms with van der Waals surface area (Å²) in [6, 6.07) is 13.1. The monoisotopic (exact) mass is 327 g/mol. The second-order valence-corrected chi connectivity index (χ2v) is 5.88. The van der Waals surface area contributed by atoms with Crippen molar-refractivity contribution in [1.82, 2.24) is 15.6 Å². The van der Waals surface area contributed by atoms with Crippen molar-refractivity contribution in [2.24, 2.45) is 5.92 Å². The van der Waals surface area contributed by atoms with Crippen molar-refractivity contribution >= 4 is 5.91 Å². The third-order valence-electron chi connectivity index (χ3n) is 4.01. The minimum Gasteiger partial charge on any atom is -0.439 e. The Morgan fingerprint density at radius 3 is 2.88 bits per heavy atom. The summed E-state index contributed by atoms with van der Waals surface area (Å²) in [6.07, 6.45) is 1.54. The molecule has 1 amide bonds. The number of aliphatic hydroxyl groups is 1. The van der Waals surface area contributed by atoms with Gasteiger partial charge in [0.1, 0.15) is 5.75 Å². The van der Waals surface area contributed by atoms with Gasteiger partial charge in [-0.3, -0.25) is 4.79 Å². The van der Waals surface area contributed by atoms with E-state index in [9.17, 15) is 9.90 Å². The van der Waals surface area contributed by atoms with Crippen LogP contribution in [0.3, 0.4) is 0 Å². The Labute approximate surface area is 140 Å². The van der Waals surface area contributed by atoms with E-state index in [-0.39, 0.29) is 11.8 Å². The van der Waals surface area contributed by atoms with Gasteiger partial charge >= 0.3 is 0 Å². The fraction of sp³-hybridized carbons (Fsp3) is 0.333. The van der Waals surface area contributed by atoms with Gasteiger partial charge in [-0.1, -0.05) is 18.2 Å². The van der Waals surface area contributed by atoms with Crippen LogP contribution in [0.1, 0.15) is 12.0 Å². The molecule has 2 atom stereocenters. The Bertz CT molecular complexity index is 678. The quantitative estimate of drug-likeness (QED) is 0.748. The van der Waals surface area contributed by atoms with Gasteiger partial charge in [0.2, 0.25) is 11.8 Å². The molecule has 3 rings (SSSR count). The highest BCUT2D eigenvalue weighted by molar-refractivity contribution is 5.76. The smallest absolute Gasteiger partial charge is 0.220 e. The van der Waals surface area contributed by atoms with E-state index in [1.54, 1.807) is 12.3 Å². The molecule has 1 aliphatic heterocycles. The maximum Gasteiger partial charge on any atom is 0.220 e. The van der Waals surface area contributed by atoms with Crippen LogP contribution in [0.25, 0.3) is 0 Å². The molecule has 126 valence electrons. The van der Waals surface area contributed by atoms with Crippen molar-refractivity contribution in [1.29, 1.82) is 0 Å². The highest BCUT2D eigenvalue weighted by Crippen LogP contribution is 2.19. The van der Waals surface area contributed by atoms with Gasteiger partial charge in [-0.25, -0.2) is 4.98 Å². The first-order valence-corrected chi connectivity index (χ1v) is 8.04. The Hall–Kier alpha value is -2.44. The molecule has 6 heteroatoms. The first-order chi connectivity index (χ1) is 11.7. The molecule has 1 fully saturated rings. The van der Waals surface area contributed by atoms with Gasteiger partial charge in [-0.05, 0) is 23.8 Å². The molecule has 1 saturated heterocycles. The zero-order chi connectivity index (χ0) is 16.8. The molecule has 0 bridgehead atoms. The van der Waals surface area contributed by atoms with Gasteiger partial charge in [-0.15, -0.1) is 0 Å². The number of β-amino-alcohol motifs (C(OH)–C–C–N with tert-alkyl or cyclic N) is 1. The highest BCUT2D eigenvalue weighted by Gasteiger charge is 2.26. The molecule has 0 aliphatic carbocycles. The van der Waals surface area contributed by atoms with Gasteiger partial charge in [-0.2, -0.15) is 0 Å². The van der Waals surface area contributed by atoms with Crippen LogP contribution in [0.4, 0.5) is 0 Å². The molecule has 3 N–H and O–H groups in total. The first kappa shape index (κ1) is 16.4. The molecule has 1 aliphatic rings. The van der Waals surface area contributed by atoms with E-state index in [4.69, 9.17) is 4.74 Å². The predicted molar refractivity (Wildman–Crippen MR) is 89.6 cm³/mol. The standard InChI is InChI=1S/C18H21N3O3/c22-16-12-19-11-14(16)9-17(23)21-10-13-6-7-20-18(8-13)24-15-4-2-1-3-5-15/h1-8,14,16,19,22H,9-12H2,(H,21,23)/t14-,16-/m1/s1. The second-order valence-electron chi connectivity index (χ2n) is 5.88. The summed E-state index contributed by atoms with van der Waals surface area (Å²) in [5.74, 6) is 1.13. The number of hydrogen-bond acceptors (Lipinski definition) is 5. The number of aromatic nitrogens is 1. The average Bonchev–Trinajstić information content (AvgIpc) is 2.99. The summed E-state index contributed by atoms with van der Waals surface area (Å²) in [4.78, 5) is 16.2. The molecule has 2 heterocycles. The molecule has 2 aromatic rings. The number of ether oxygens (including phenoxy) is 1. The lowest BCUT2D eigenvalue weighted by Crippen LogP contribution is -2.29. The van der Waals surface area contributed by atoms with Crippen molar-refractivity contribution in [3.05, 3.63) is 54.2 Å². The number of nitrogens with one attached hydrogen (secondary N) is 2. The lowest BCUT2D eigenvalue weighted by Gasteiger charge is -2.13. The fourth-order valence-electron chi connectivity index (χ4n) is 2.66. The van der Waals surface area contributed by atoms with Crippen LogP contribution >= 0.6 is 0 Å². The zero-order valence-electron chi connectivity index (χ0n) is 13.3. The van der Waals surface area contributed by atoms with Crippen LogP contribution in [-0.4, -0.2) is 35.2 Å². The Kier molecular flexibility index (Phi) is 5.40. The van der Waals surface area contributed by atoms with E-state index >= 15 is 0 Å². The molecular formula is C18H21N3O3. The van der Waals surface area contributed by atoms with Crippen LogP contribution in [0.15, 0.2) is 48.7 Å². The van der Waals surface area contributed by atoms with Crippen molar-refractivity contribution in [3.8, 4) is 11.6 Å². The van der Waals surface area contributed by atoms with Crippen molar-refractivity contribution in [3.63, 3.8) is 0 Å². The second kappa shape index (κ2) is 7.90. The lowest BCUT2D eigenvalue weighted by molar-refractivity contribution is -0.122. The van der Waals surface area contributed by atoms with E-state index in [1.807, 2.05) is 36.4 Å². The van der Waals surface area contributed by atoms with Crippen LogP contribution in [0, 0.1) is 5.92 Å². The van der Waals surface area contributed by atoms with Crippen LogP contribution < -0.4 is 15.4 Å². The summed E-state index contributed by atoms with van der Waals surface area (Å²) >= 11 is 0. The molecule has 0 saturated carbocycles. The van der Waals surface area contributed by atoms with Gasteiger partial charge in [0.05, 0.1) is 6.10 Å². The molecule has 24 heavy (non-hydrogen) atoms. The predicted octanol–water partition coefficient (Wildman–Crippen LogP) is 1.46. The Morgan fingerprint density at radius 2 is 2.12 bits per heavy atom. The summed E-state index contributed by atoms with van der Waals surface area (Å²) in [6.45, 7) is 1.64. The van der Waals surface area contributed by atoms with Crippen LogP contribution in [-0.2, 0) is 11.3 Å².